The third-order valence-corrected chi connectivity index (χ3v) is 6.10. The lowest BCUT2D eigenvalue weighted by molar-refractivity contribution is 0.0927. The maximum absolute atomic E-state index is 3.51. The monoisotopic (exact) mass is 278 g/mol. The van der Waals surface area contributed by atoms with E-state index in [4.69, 9.17) is 0 Å². The van der Waals surface area contributed by atoms with Crippen molar-refractivity contribution in [3.8, 4) is 0 Å². The van der Waals surface area contributed by atoms with E-state index in [9.17, 15) is 0 Å². The van der Waals surface area contributed by atoms with Crippen LogP contribution in [-0.2, 0) is 0 Å². The largest absolute Gasteiger partial charge is 0.317 e. The summed E-state index contributed by atoms with van der Waals surface area (Å²) in [5.74, 6) is 2.88. The summed E-state index contributed by atoms with van der Waals surface area (Å²) in [5, 5.41) is 3.51. The number of piperidine rings is 1. The summed E-state index contributed by atoms with van der Waals surface area (Å²) in [6.07, 6.45) is 11.7. The molecule has 1 heterocycles. The molecule has 0 radical (unpaired) electrons. The minimum atomic E-state index is 0.898. The average molecular weight is 278 g/mol. The van der Waals surface area contributed by atoms with E-state index in [1.54, 1.807) is 0 Å². The van der Waals surface area contributed by atoms with Gasteiger partial charge in [-0.25, -0.2) is 0 Å². The molecule has 2 aliphatic carbocycles. The van der Waals surface area contributed by atoms with Gasteiger partial charge in [0.25, 0.3) is 0 Å². The zero-order chi connectivity index (χ0) is 13.9. The van der Waals surface area contributed by atoms with Gasteiger partial charge in [-0.15, -0.1) is 0 Å². The molecule has 116 valence electrons. The molecule has 3 fully saturated rings. The standard InChI is InChI=1S/C18H34N2/c1-14(2)16-3-5-17(6-4-16)20(18-7-8-18)13-15-9-11-19-12-10-15/h14-19H,3-13H2,1-2H3. The van der Waals surface area contributed by atoms with E-state index >= 15 is 0 Å². The molecule has 3 aliphatic rings. The van der Waals surface area contributed by atoms with Crippen molar-refractivity contribution in [2.75, 3.05) is 19.6 Å². The van der Waals surface area contributed by atoms with Crippen LogP contribution in [0.15, 0.2) is 0 Å². The van der Waals surface area contributed by atoms with Crippen LogP contribution in [0.3, 0.4) is 0 Å². The Morgan fingerprint density at radius 2 is 1.40 bits per heavy atom. The van der Waals surface area contributed by atoms with Crippen LogP contribution in [-0.4, -0.2) is 36.6 Å². The van der Waals surface area contributed by atoms with Gasteiger partial charge in [0.05, 0.1) is 0 Å². The molecular formula is C18H34N2. The summed E-state index contributed by atoms with van der Waals surface area (Å²) in [4.78, 5) is 2.95. The van der Waals surface area contributed by atoms with Crippen LogP contribution in [0, 0.1) is 17.8 Å². The molecular weight excluding hydrogens is 244 g/mol. The molecule has 0 aromatic carbocycles. The minimum absolute atomic E-state index is 0.898. The van der Waals surface area contributed by atoms with E-state index in [0.717, 1.165) is 29.8 Å². The molecule has 2 nitrogen and oxygen atoms in total. The quantitative estimate of drug-likeness (QED) is 0.825. The van der Waals surface area contributed by atoms with E-state index in [-0.39, 0.29) is 0 Å². The summed E-state index contributed by atoms with van der Waals surface area (Å²) in [6.45, 7) is 8.74. The highest BCUT2D eigenvalue weighted by molar-refractivity contribution is 4.92. The number of hydrogen-bond donors (Lipinski definition) is 1. The normalized spacial score (nSPS) is 33.0. The third-order valence-electron chi connectivity index (χ3n) is 6.10. The molecule has 0 spiro atoms. The van der Waals surface area contributed by atoms with E-state index < -0.39 is 0 Å². The van der Waals surface area contributed by atoms with E-state index in [0.29, 0.717) is 0 Å². The fourth-order valence-electron chi connectivity index (χ4n) is 4.46. The predicted molar refractivity (Wildman–Crippen MR) is 85.9 cm³/mol. The Hall–Kier alpha value is -0.0800. The molecule has 0 bridgehead atoms. The smallest absolute Gasteiger partial charge is 0.00994 e. The second-order valence-corrected chi connectivity index (χ2v) is 7.93. The summed E-state index contributed by atoms with van der Waals surface area (Å²) in [5.41, 5.74) is 0. The van der Waals surface area contributed by atoms with Gasteiger partial charge in [0.2, 0.25) is 0 Å². The van der Waals surface area contributed by atoms with E-state index in [2.05, 4.69) is 24.1 Å². The molecule has 1 N–H and O–H groups in total. The topological polar surface area (TPSA) is 15.3 Å². The molecule has 1 aliphatic heterocycles. The summed E-state index contributed by atoms with van der Waals surface area (Å²) in [7, 11) is 0. The highest BCUT2D eigenvalue weighted by Crippen LogP contribution is 2.38. The highest BCUT2D eigenvalue weighted by Gasteiger charge is 2.37. The van der Waals surface area contributed by atoms with Crippen molar-refractivity contribution in [2.45, 2.75) is 77.3 Å². The van der Waals surface area contributed by atoms with Gasteiger partial charge in [0, 0.05) is 18.6 Å². The zero-order valence-electron chi connectivity index (χ0n) is 13.6. The van der Waals surface area contributed by atoms with Crippen LogP contribution < -0.4 is 5.32 Å². The molecule has 2 saturated carbocycles. The first-order chi connectivity index (χ1) is 9.74. The molecule has 0 aromatic heterocycles. The van der Waals surface area contributed by atoms with Gasteiger partial charge in [-0.05, 0) is 82.2 Å². The van der Waals surface area contributed by atoms with Crippen molar-refractivity contribution in [1.82, 2.24) is 10.2 Å². The molecule has 1 saturated heterocycles. The van der Waals surface area contributed by atoms with Gasteiger partial charge < -0.3 is 5.32 Å². The Labute approximate surface area is 125 Å². The van der Waals surface area contributed by atoms with Crippen LogP contribution in [0.2, 0.25) is 0 Å². The lowest BCUT2D eigenvalue weighted by Crippen LogP contribution is -2.44. The highest BCUT2D eigenvalue weighted by atomic mass is 15.2. The van der Waals surface area contributed by atoms with E-state index in [1.165, 1.54) is 71.0 Å². The molecule has 20 heavy (non-hydrogen) atoms. The van der Waals surface area contributed by atoms with Crippen molar-refractivity contribution in [3.05, 3.63) is 0 Å². The van der Waals surface area contributed by atoms with Crippen molar-refractivity contribution >= 4 is 0 Å². The predicted octanol–water partition coefficient (Wildman–Crippen LogP) is 3.67. The Morgan fingerprint density at radius 1 is 0.850 bits per heavy atom. The van der Waals surface area contributed by atoms with Crippen LogP contribution in [0.1, 0.15) is 65.2 Å². The lowest BCUT2D eigenvalue weighted by Gasteiger charge is -2.40. The van der Waals surface area contributed by atoms with Crippen LogP contribution in [0.5, 0.6) is 0 Å². The lowest BCUT2D eigenvalue weighted by atomic mass is 9.79. The Morgan fingerprint density at radius 3 is 1.90 bits per heavy atom. The SMILES string of the molecule is CC(C)C1CCC(N(CC2CCNCC2)C2CC2)CC1. The van der Waals surface area contributed by atoms with Crippen molar-refractivity contribution in [2.24, 2.45) is 17.8 Å². The maximum Gasteiger partial charge on any atom is 0.00994 e. The summed E-state index contributed by atoms with van der Waals surface area (Å²) >= 11 is 0. The first-order valence-corrected chi connectivity index (χ1v) is 9.20. The fourth-order valence-corrected chi connectivity index (χ4v) is 4.46. The molecule has 0 aromatic rings. The number of nitrogens with zero attached hydrogens (tertiary/aromatic N) is 1. The van der Waals surface area contributed by atoms with Crippen molar-refractivity contribution < 1.29 is 0 Å². The molecule has 0 amide bonds. The first-order valence-electron chi connectivity index (χ1n) is 9.20. The number of rotatable bonds is 5. The summed E-state index contributed by atoms with van der Waals surface area (Å²) in [6, 6.07) is 1.89. The van der Waals surface area contributed by atoms with Crippen LogP contribution >= 0.6 is 0 Å². The Kier molecular flexibility index (Phi) is 5.04. The first kappa shape index (κ1) is 14.8. The van der Waals surface area contributed by atoms with E-state index in [1.807, 2.05) is 0 Å². The van der Waals surface area contributed by atoms with Gasteiger partial charge >= 0.3 is 0 Å². The van der Waals surface area contributed by atoms with Gasteiger partial charge in [0.1, 0.15) is 0 Å². The van der Waals surface area contributed by atoms with Crippen molar-refractivity contribution in [3.63, 3.8) is 0 Å². The van der Waals surface area contributed by atoms with Gasteiger partial charge in [0.15, 0.2) is 0 Å². The zero-order valence-corrected chi connectivity index (χ0v) is 13.6. The van der Waals surface area contributed by atoms with Crippen LogP contribution in [0.25, 0.3) is 0 Å². The van der Waals surface area contributed by atoms with Gasteiger partial charge in [-0.1, -0.05) is 13.8 Å². The number of nitrogens with one attached hydrogen (secondary N) is 1. The average Bonchev–Trinajstić information content (AvgIpc) is 3.30. The number of hydrogen-bond acceptors (Lipinski definition) is 2. The second kappa shape index (κ2) is 6.79. The minimum Gasteiger partial charge on any atom is -0.317 e. The van der Waals surface area contributed by atoms with Crippen molar-refractivity contribution in [1.29, 1.82) is 0 Å². The maximum atomic E-state index is 3.51. The fraction of sp³-hybridized carbons (Fsp3) is 1.00. The van der Waals surface area contributed by atoms with Gasteiger partial charge in [-0.3, -0.25) is 4.90 Å². The van der Waals surface area contributed by atoms with Crippen LogP contribution in [0.4, 0.5) is 0 Å². The second-order valence-electron chi connectivity index (χ2n) is 7.93. The molecule has 2 heteroatoms. The summed E-state index contributed by atoms with van der Waals surface area (Å²) < 4.78 is 0. The Balaban J connectivity index is 1.52. The third kappa shape index (κ3) is 3.76. The Bertz CT molecular complexity index is 284. The molecule has 0 atom stereocenters. The van der Waals surface area contributed by atoms with Gasteiger partial charge in [-0.2, -0.15) is 0 Å². The molecule has 3 rings (SSSR count). The molecule has 0 unspecified atom stereocenters.